The molecule has 4 unspecified atom stereocenters. The SMILES string of the molecule is NC1CCC2CN(C(=O)CCOCC3CCCO3)CC12. The van der Waals surface area contributed by atoms with E-state index >= 15 is 0 Å². The Morgan fingerprint density at radius 2 is 2.20 bits per heavy atom. The number of fused-ring (bicyclic) bond motifs is 1. The van der Waals surface area contributed by atoms with Gasteiger partial charge in [-0.15, -0.1) is 0 Å². The number of ether oxygens (including phenoxy) is 2. The van der Waals surface area contributed by atoms with Crippen LogP contribution in [-0.4, -0.2) is 55.9 Å². The number of carbonyl (C=O) groups excluding carboxylic acids is 1. The van der Waals surface area contributed by atoms with Crippen LogP contribution in [0.15, 0.2) is 0 Å². The van der Waals surface area contributed by atoms with E-state index in [-0.39, 0.29) is 12.0 Å². The van der Waals surface area contributed by atoms with Crippen molar-refractivity contribution in [2.45, 2.75) is 44.2 Å². The molecule has 2 N–H and O–H groups in total. The minimum absolute atomic E-state index is 0.221. The molecule has 3 rings (SSSR count). The summed E-state index contributed by atoms with van der Waals surface area (Å²) in [6.07, 6.45) is 5.26. The topological polar surface area (TPSA) is 64.8 Å². The van der Waals surface area contributed by atoms with Gasteiger partial charge < -0.3 is 20.1 Å². The van der Waals surface area contributed by atoms with Crippen LogP contribution in [0, 0.1) is 11.8 Å². The Morgan fingerprint density at radius 1 is 1.30 bits per heavy atom. The molecule has 0 aromatic heterocycles. The second-order valence-corrected chi connectivity index (χ2v) is 6.42. The van der Waals surface area contributed by atoms with Crippen molar-refractivity contribution in [2.24, 2.45) is 17.6 Å². The predicted molar refractivity (Wildman–Crippen MR) is 75.2 cm³/mol. The van der Waals surface area contributed by atoms with Gasteiger partial charge in [0.15, 0.2) is 0 Å². The van der Waals surface area contributed by atoms with E-state index in [4.69, 9.17) is 15.2 Å². The fourth-order valence-electron chi connectivity index (χ4n) is 3.82. The van der Waals surface area contributed by atoms with Gasteiger partial charge >= 0.3 is 0 Å². The second kappa shape index (κ2) is 6.41. The smallest absolute Gasteiger partial charge is 0.224 e. The third-order valence-electron chi connectivity index (χ3n) is 5.05. The maximum atomic E-state index is 12.2. The lowest BCUT2D eigenvalue weighted by Gasteiger charge is -2.19. The maximum Gasteiger partial charge on any atom is 0.224 e. The summed E-state index contributed by atoms with van der Waals surface area (Å²) in [5.74, 6) is 1.40. The Balaban J connectivity index is 1.33. The van der Waals surface area contributed by atoms with Gasteiger partial charge in [-0.1, -0.05) is 0 Å². The van der Waals surface area contributed by atoms with Gasteiger partial charge in [-0.3, -0.25) is 4.79 Å². The van der Waals surface area contributed by atoms with E-state index in [0.29, 0.717) is 37.5 Å². The summed E-state index contributed by atoms with van der Waals surface area (Å²) in [4.78, 5) is 14.1. The molecule has 20 heavy (non-hydrogen) atoms. The predicted octanol–water partition coefficient (Wildman–Crippen LogP) is 0.768. The molecule has 0 aromatic carbocycles. The monoisotopic (exact) mass is 282 g/mol. The molecule has 2 heterocycles. The van der Waals surface area contributed by atoms with Crippen molar-refractivity contribution < 1.29 is 14.3 Å². The van der Waals surface area contributed by atoms with Gasteiger partial charge in [0.1, 0.15) is 0 Å². The highest BCUT2D eigenvalue weighted by atomic mass is 16.5. The number of carbonyl (C=O) groups is 1. The molecule has 5 nitrogen and oxygen atoms in total. The van der Waals surface area contributed by atoms with E-state index in [0.717, 1.165) is 39.0 Å². The average Bonchev–Trinajstić information content (AvgIpc) is 3.13. The summed E-state index contributed by atoms with van der Waals surface area (Å²) >= 11 is 0. The molecule has 1 saturated carbocycles. The molecule has 3 aliphatic rings. The number of rotatable bonds is 5. The summed E-state index contributed by atoms with van der Waals surface area (Å²) in [5.41, 5.74) is 6.10. The first-order valence-corrected chi connectivity index (χ1v) is 7.96. The molecule has 2 aliphatic heterocycles. The molecule has 5 heteroatoms. The van der Waals surface area contributed by atoms with Gasteiger partial charge in [-0.2, -0.15) is 0 Å². The highest BCUT2D eigenvalue weighted by Crippen LogP contribution is 2.37. The van der Waals surface area contributed by atoms with Crippen molar-refractivity contribution in [3.05, 3.63) is 0 Å². The van der Waals surface area contributed by atoms with E-state index in [9.17, 15) is 4.79 Å². The molecule has 0 radical (unpaired) electrons. The van der Waals surface area contributed by atoms with E-state index in [1.54, 1.807) is 0 Å². The van der Waals surface area contributed by atoms with Crippen LogP contribution < -0.4 is 5.73 Å². The van der Waals surface area contributed by atoms with Crippen LogP contribution in [0.4, 0.5) is 0 Å². The third-order valence-corrected chi connectivity index (χ3v) is 5.05. The summed E-state index contributed by atoms with van der Waals surface area (Å²) in [6.45, 7) is 3.75. The largest absolute Gasteiger partial charge is 0.378 e. The van der Waals surface area contributed by atoms with Crippen LogP contribution in [0.1, 0.15) is 32.1 Å². The fraction of sp³-hybridized carbons (Fsp3) is 0.933. The molecule has 114 valence electrons. The molecule has 3 fully saturated rings. The van der Waals surface area contributed by atoms with Crippen molar-refractivity contribution in [2.75, 3.05) is 32.9 Å². The van der Waals surface area contributed by atoms with Crippen molar-refractivity contribution in [1.29, 1.82) is 0 Å². The molecule has 1 aliphatic carbocycles. The van der Waals surface area contributed by atoms with Gasteiger partial charge in [0.25, 0.3) is 0 Å². The minimum Gasteiger partial charge on any atom is -0.378 e. The Morgan fingerprint density at radius 3 is 2.95 bits per heavy atom. The number of hydrogen-bond acceptors (Lipinski definition) is 4. The lowest BCUT2D eigenvalue weighted by molar-refractivity contribution is -0.131. The third kappa shape index (κ3) is 3.15. The Hall–Kier alpha value is -0.650. The first-order chi connectivity index (χ1) is 9.74. The van der Waals surface area contributed by atoms with Crippen LogP contribution in [-0.2, 0) is 14.3 Å². The Kier molecular flexibility index (Phi) is 4.58. The zero-order valence-corrected chi connectivity index (χ0v) is 12.1. The van der Waals surface area contributed by atoms with Gasteiger partial charge in [0.05, 0.1) is 25.7 Å². The lowest BCUT2D eigenvalue weighted by atomic mass is 9.98. The Bertz CT molecular complexity index is 344. The van der Waals surface area contributed by atoms with Crippen LogP contribution in [0.2, 0.25) is 0 Å². The van der Waals surface area contributed by atoms with Gasteiger partial charge in [-0.05, 0) is 37.5 Å². The summed E-state index contributed by atoms with van der Waals surface area (Å²) in [7, 11) is 0. The number of hydrogen-bond donors (Lipinski definition) is 1. The molecule has 4 atom stereocenters. The molecular formula is C15H26N2O3. The van der Waals surface area contributed by atoms with Crippen LogP contribution in [0.5, 0.6) is 0 Å². The molecular weight excluding hydrogens is 256 g/mol. The molecule has 0 aromatic rings. The average molecular weight is 282 g/mol. The van der Waals surface area contributed by atoms with E-state index < -0.39 is 0 Å². The van der Waals surface area contributed by atoms with E-state index in [1.165, 1.54) is 6.42 Å². The van der Waals surface area contributed by atoms with Gasteiger partial charge in [-0.25, -0.2) is 0 Å². The van der Waals surface area contributed by atoms with E-state index in [1.807, 2.05) is 4.90 Å². The zero-order chi connectivity index (χ0) is 13.9. The van der Waals surface area contributed by atoms with E-state index in [2.05, 4.69) is 0 Å². The van der Waals surface area contributed by atoms with Crippen molar-refractivity contribution >= 4 is 5.91 Å². The van der Waals surface area contributed by atoms with Crippen molar-refractivity contribution in [1.82, 2.24) is 4.90 Å². The number of amides is 1. The van der Waals surface area contributed by atoms with Crippen molar-refractivity contribution in [3.63, 3.8) is 0 Å². The standard InChI is InChI=1S/C15H26N2O3/c16-14-4-3-11-8-17(9-13(11)14)15(18)5-7-19-10-12-2-1-6-20-12/h11-14H,1-10,16H2. The first kappa shape index (κ1) is 14.3. The lowest BCUT2D eigenvalue weighted by Crippen LogP contribution is -2.34. The summed E-state index contributed by atoms with van der Waals surface area (Å²) in [5, 5.41) is 0. The summed E-state index contributed by atoms with van der Waals surface area (Å²) < 4.78 is 11.1. The molecule has 0 spiro atoms. The van der Waals surface area contributed by atoms with Crippen molar-refractivity contribution in [3.8, 4) is 0 Å². The number of nitrogens with two attached hydrogens (primary N) is 1. The maximum absolute atomic E-state index is 12.2. The zero-order valence-electron chi connectivity index (χ0n) is 12.1. The molecule has 1 amide bonds. The van der Waals surface area contributed by atoms with Crippen LogP contribution in [0.25, 0.3) is 0 Å². The quantitative estimate of drug-likeness (QED) is 0.756. The number of likely N-dealkylation sites (tertiary alicyclic amines) is 1. The summed E-state index contributed by atoms with van der Waals surface area (Å²) in [6, 6.07) is 0.300. The second-order valence-electron chi connectivity index (χ2n) is 6.42. The van der Waals surface area contributed by atoms with Crippen LogP contribution >= 0.6 is 0 Å². The highest BCUT2D eigenvalue weighted by Gasteiger charge is 2.42. The van der Waals surface area contributed by atoms with Crippen LogP contribution in [0.3, 0.4) is 0 Å². The fourth-order valence-corrected chi connectivity index (χ4v) is 3.82. The normalized spacial score (nSPS) is 36.5. The first-order valence-electron chi connectivity index (χ1n) is 7.96. The van der Waals surface area contributed by atoms with Gasteiger partial charge in [0, 0.05) is 25.7 Å². The number of nitrogens with zero attached hydrogens (tertiary/aromatic N) is 1. The Labute approximate surface area is 120 Å². The molecule has 2 saturated heterocycles. The van der Waals surface area contributed by atoms with Gasteiger partial charge in [0.2, 0.25) is 5.91 Å². The minimum atomic E-state index is 0.221. The molecule has 0 bridgehead atoms. The highest BCUT2D eigenvalue weighted by molar-refractivity contribution is 5.76.